The van der Waals surface area contributed by atoms with Crippen LogP contribution in [0.3, 0.4) is 0 Å². The van der Waals surface area contributed by atoms with Crippen molar-refractivity contribution in [3.05, 3.63) is 64.6 Å². The van der Waals surface area contributed by atoms with Gasteiger partial charge < -0.3 is 0 Å². The molecule has 1 N–H and O–H groups in total. The fourth-order valence-electron chi connectivity index (χ4n) is 1.44. The molecular weight excluding hydrogens is 364 g/mol. The summed E-state index contributed by atoms with van der Waals surface area (Å²) in [6.07, 6.45) is 0. The number of benzene rings is 2. The van der Waals surface area contributed by atoms with Crippen LogP contribution in [0.2, 0.25) is 0 Å². The number of hydrogen-bond donors (Lipinski definition) is 1. The summed E-state index contributed by atoms with van der Waals surface area (Å²) in [4.78, 5) is 2.23. The number of nitrogens with zero attached hydrogens (tertiary/aromatic N) is 1. The smallest absolute Gasteiger partial charge is 0.200 e. The fraction of sp³-hybridized carbons (Fsp3) is 0. The van der Waals surface area contributed by atoms with Crippen molar-refractivity contribution >= 4 is 42.7 Å². The highest BCUT2D eigenvalue weighted by Crippen LogP contribution is 2.18. The number of hydrazone groups is 1. The maximum absolute atomic E-state index is 12.0. The molecule has 0 atom stereocenters. The van der Waals surface area contributed by atoms with Crippen molar-refractivity contribution in [3.8, 4) is 0 Å². The molecule has 2 aromatic rings. The summed E-state index contributed by atoms with van der Waals surface area (Å²) in [6, 6.07) is 15.1. The molecule has 0 amide bonds. The summed E-state index contributed by atoms with van der Waals surface area (Å²) < 4.78 is 24.7. The Labute approximate surface area is 130 Å². The SMILES string of the molecule is O=S(=O)(NN=C(Cl)c1ccccc1Br)c1ccccc1. The van der Waals surface area contributed by atoms with Gasteiger partial charge >= 0.3 is 0 Å². The third-order valence-electron chi connectivity index (χ3n) is 2.41. The van der Waals surface area contributed by atoms with Crippen LogP contribution in [0.4, 0.5) is 0 Å². The molecule has 0 unspecified atom stereocenters. The Morgan fingerprint density at radius 1 is 1.05 bits per heavy atom. The summed E-state index contributed by atoms with van der Waals surface area (Å²) in [5.41, 5.74) is 0.602. The summed E-state index contributed by atoms with van der Waals surface area (Å²) >= 11 is 9.32. The van der Waals surface area contributed by atoms with Crippen LogP contribution in [0.25, 0.3) is 0 Å². The molecule has 0 saturated carbocycles. The molecule has 0 aliphatic carbocycles. The Hall–Kier alpha value is -1.37. The molecule has 4 nitrogen and oxygen atoms in total. The fourth-order valence-corrected chi connectivity index (χ4v) is 3.12. The third-order valence-corrected chi connectivity index (χ3v) is 4.62. The summed E-state index contributed by atoms with van der Waals surface area (Å²) in [5.74, 6) is 0. The van der Waals surface area contributed by atoms with Crippen molar-refractivity contribution in [2.24, 2.45) is 5.10 Å². The van der Waals surface area contributed by atoms with Gasteiger partial charge in [0.2, 0.25) is 0 Å². The van der Waals surface area contributed by atoms with E-state index in [1.807, 2.05) is 6.07 Å². The molecule has 0 aliphatic rings. The molecule has 0 aromatic heterocycles. The first-order valence-electron chi connectivity index (χ1n) is 5.55. The van der Waals surface area contributed by atoms with Crippen molar-refractivity contribution in [2.75, 3.05) is 0 Å². The zero-order valence-corrected chi connectivity index (χ0v) is 13.3. The van der Waals surface area contributed by atoms with Gasteiger partial charge in [-0.1, -0.05) is 63.9 Å². The van der Waals surface area contributed by atoms with E-state index in [0.717, 1.165) is 4.47 Å². The van der Waals surface area contributed by atoms with Gasteiger partial charge in [-0.15, -0.1) is 0 Å². The molecule has 104 valence electrons. The molecule has 0 fully saturated rings. The third kappa shape index (κ3) is 3.59. The van der Waals surface area contributed by atoms with Gasteiger partial charge in [0.25, 0.3) is 10.0 Å². The van der Waals surface area contributed by atoms with E-state index in [2.05, 4.69) is 25.9 Å². The first kappa shape index (κ1) is 15.0. The summed E-state index contributed by atoms with van der Waals surface area (Å²) in [7, 11) is -3.71. The normalized spacial score (nSPS) is 12.2. The quantitative estimate of drug-likeness (QED) is 0.660. The second-order valence-electron chi connectivity index (χ2n) is 3.79. The van der Waals surface area contributed by atoms with Gasteiger partial charge in [0.15, 0.2) is 5.17 Å². The first-order valence-corrected chi connectivity index (χ1v) is 8.21. The van der Waals surface area contributed by atoms with Gasteiger partial charge in [-0.05, 0) is 18.2 Å². The molecule has 0 aliphatic heterocycles. The number of halogens is 2. The predicted molar refractivity (Wildman–Crippen MR) is 83.3 cm³/mol. The average molecular weight is 374 g/mol. The van der Waals surface area contributed by atoms with Crippen molar-refractivity contribution in [2.45, 2.75) is 4.90 Å². The molecule has 2 rings (SSSR count). The second-order valence-corrected chi connectivity index (χ2v) is 6.66. The topological polar surface area (TPSA) is 58.5 Å². The lowest BCUT2D eigenvalue weighted by molar-refractivity contribution is 0.584. The van der Waals surface area contributed by atoms with Gasteiger partial charge in [-0.3, -0.25) is 0 Å². The lowest BCUT2D eigenvalue weighted by Crippen LogP contribution is -2.19. The number of hydrogen-bond acceptors (Lipinski definition) is 3. The number of nitrogens with one attached hydrogen (secondary N) is 1. The van der Waals surface area contributed by atoms with Crippen LogP contribution in [0.15, 0.2) is 69.1 Å². The van der Waals surface area contributed by atoms with E-state index in [-0.39, 0.29) is 10.1 Å². The standard InChI is InChI=1S/C13H10BrClN2O2S/c14-12-9-5-4-8-11(12)13(15)16-17-20(18,19)10-6-2-1-3-7-10/h1-9,17H. The van der Waals surface area contributed by atoms with Crippen molar-refractivity contribution in [1.29, 1.82) is 0 Å². The highest BCUT2D eigenvalue weighted by molar-refractivity contribution is 9.10. The maximum Gasteiger partial charge on any atom is 0.276 e. The van der Waals surface area contributed by atoms with E-state index in [1.165, 1.54) is 12.1 Å². The Bertz CT molecular complexity index is 733. The molecule has 2 aromatic carbocycles. The zero-order chi connectivity index (χ0) is 14.6. The van der Waals surface area contributed by atoms with E-state index in [4.69, 9.17) is 11.6 Å². The van der Waals surface area contributed by atoms with Crippen LogP contribution >= 0.6 is 27.5 Å². The van der Waals surface area contributed by atoms with Crippen molar-refractivity contribution in [1.82, 2.24) is 4.83 Å². The average Bonchev–Trinajstić information content (AvgIpc) is 2.46. The Balaban J connectivity index is 2.23. The number of rotatable bonds is 4. The van der Waals surface area contributed by atoms with Gasteiger partial charge in [-0.2, -0.15) is 18.4 Å². The molecule has 7 heteroatoms. The van der Waals surface area contributed by atoms with E-state index in [0.29, 0.717) is 5.56 Å². The van der Waals surface area contributed by atoms with E-state index >= 15 is 0 Å². The largest absolute Gasteiger partial charge is 0.276 e. The molecule has 20 heavy (non-hydrogen) atoms. The maximum atomic E-state index is 12.0. The molecule has 0 spiro atoms. The van der Waals surface area contributed by atoms with E-state index < -0.39 is 10.0 Å². The monoisotopic (exact) mass is 372 g/mol. The lowest BCUT2D eigenvalue weighted by atomic mass is 10.2. The first-order chi connectivity index (χ1) is 9.50. The van der Waals surface area contributed by atoms with Crippen LogP contribution in [0.1, 0.15) is 5.56 Å². The lowest BCUT2D eigenvalue weighted by Gasteiger charge is -2.05. The Morgan fingerprint density at radius 2 is 1.65 bits per heavy atom. The van der Waals surface area contributed by atoms with Crippen molar-refractivity contribution < 1.29 is 8.42 Å². The van der Waals surface area contributed by atoms with E-state index in [1.54, 1.807) is 36.4 Å². The van der Waals surface area contributed by atoms with Crippen LogP contribution < -0.4 is 4.83 Å². The minimum absolute atomic E-state index is 0.0528. The molecule has 0 saturated heterocycles. The van der Waals surface area contributed by atoms with E-state index in [9.17, 15) is 8.42 Å². The van der Waals surface area contributed by atoms with Gasteiger partial charge in [0.1, 0.15) is 0 Å². The summed E-state index contributed by atoms with van der Waals surface area (Å²) in [6.45, 7) is 0. The molecule has 0 bridgehead atoms. The van der Waals surface area contributed by atoms with Gasteiger partial charge in [-0.25, -0.2) is 0 Å². The summed E-state index contributed by atoms with van der Waals surface area (Å²) in [5, 5.41) is 3.77. The van der Waals surface area contributed by atoms with Crippen LogP contribution in [0.5, 0.6) is 0 Å². The molecule has 0 radical (unpaired) electrons. The zero-order valence-electron chi connectivity index (χ0n) is 10.1. The Kier molecular flexibility index (Phi) is 4.80. The highest BCUT2D eigenvalue weighted by Gasteiger charge is 2.13. The van der Waals surface area contributed by atoms with Gasteiger partial charge in [0.05, 0.1) is 4.90 Å². The molecular formula is C13H10BrClN2O2S. The molecule has 0 heterocycles. The second kappa shape index (κ2) is 6.39. The van der Waals surface area contributed by atoms with Crippen LogP contribution in [-0.4, -0.2) is 13.6 Å². The van der Waals surface area contributed by atoms with Crippen LogP contribution in [-0.2, 0) is 10.0 Å². The predicted octanol–water partition coefficient (Wildman–Crippen LogP) is 3.33. The van der Waals surface area contributed by atoms with Crippen molar-refractivity contribution in [3.63, 3.8) is 0 Å². The number of sulfonamides is 1. The Morgan fingerprint density at radius 3 is 2.30 bits per heavy atom. The van der Waals surface area contributed by atoms with Gasteiger partial charge in [0, 0.05) is 10.0 Å². The van der Waals surface area contributed by atoms with Crippen LogP contribution in [0, 0.1) is 0 Å². The minimum Gasteiger partial charge on any atom is -0.200 e. The minimum atomic E-state index is -3.71. The highest BCUT2D eigenvalue weighted by atomic mass is 79.9.